The minimum absolute atomic E-state index is 0.0201. The number of nitrogens with one attached hydrogen (secondary N) is 1. The Hall–Kier alpha value is -0.170. The lowest BCUT2D eigenvalue weighted by atomic mass is 10.2. The van der Waals surface area contributed by atoms with Gasteiger partial charge in [0.2, 0.25) is 5.91 Å². The predicted octanol–water partition coefficient (Wildman–Crippen LogP) is 0.923. The van der Waals surface area contributed by atoms with Gasteiger partial charge < -0.3 is 10.1 Å². The first-order valence-corrected chi connectivity index (χ1v) is 6.09. The summed E-state index contributed by atoms with van der Waals surface area (Å²) in [6, 6.07) is 0. The monoisotopic (exact) mass is 313 g/mol. The predicted molar refractivity (Wildman–Crippen MR) is 62.6 cm³/mol. The molecule has 5 heteroatoms. The van der Waals surface area contributed by atoms with E-state index in [1.807, 2.05) is 0 Å². The highest BCUT2D eigenvalue weighted by molar-refractivity contribution is 14.1. The van der Waals surface area contributed by atoms with Crippen LogP contribution in [-0.4, -0.2) is 36.4 Å². The average molecular weight is 313 g/mol. The number of ketones is 1. The van der Waals surface area contributed by atoms with Gasteiger partial charge in [0, 0.05) is 26.5 Å². The molecule has 14 heavy (non-hydrogen) atoms. The fourth-order valence-corrected chi connectivity index (χ4v) is 1.21. The van der Waals surface area contributed by atoms with Crippen molar-refractivity contribution in [2.45, 2.75) is 19.3 Å². The Bertz CT molecular complexity index is 165. The van der Waals surface area contributed by atoms with Gasteiger partial charge in [-0.25, -0.2) is 0 Å². The van der Waals surface area contributed by atoms with Gasteiger partial charge in [-0.15, -0.1) is 0 Å². The zero-order valence-electron chi connectivity index (χ0n) is 8.35. The summed E-state index contributed by atoms with van der Waals surface area (Å²) < 4.78 is 5.75. The van der Waals surface area contributed by atoms with Gasteiger partial charge in [0.15, 0.2) is 0 Å². The van der Waals surface area contributed by atoms with Crippen molar-refractivity contribution in [2.24, 2.45) is 0 Å². The molecule has 0 fully saturated rings. The van der Waals surface area contributed by atoms with Crippen LogP contribution in [0.2, 0.25) is 0 Å². The van der Waals surface area contributed by atoms with Crippen molar-refractivity contribution in [1.29, 1.82) is 0 Å². The minimum atomic E-state index is -0.0201. The Balaban J connectivity index is 3.14. The molecule has 0 rings (SSSR count). The van der Waals surface area contributed by atoms with E-state index in [2.05, 4.69) is 27.9 Å². The highest BCUT2D eigenvalue weighted by Crippen LogP contribution is 1.96. The molecule has 0 saturated carbocycles. The Morgan fingerprint density at radius 2 is 2.00 bits per heavy atom. The Labute approximate surface area is 97.9 Å². The number of halogens is 1. The van der Waals surface area contributed by atoms with Crippen LogP contribution in [0, 0.1) is 0 Å². The lowest BCUT2D eigenvalue weighted by Gasteiger charge is -2.02. The van der Waals surface area contributed by atoms with Gasteiger partial charge in [0.1, 0.15) is 5.78 Å². The molecule has 0 spiro atoms. The molecule has 0 bridgehead atoms. The van der Waals surface area contributed by atoms with Crippen LogP contribution in [0.4, 0.5) is 0 Å². The molecule has 0 aliphatic carbocycles. The number of rotatable bonds is 8. The standard InChI is InChI=1S/C9H16INO3/c1-11-9(13)4-6-14-5-2-3-8(12)7-10/h2-7H2,1H3,(H,11,13). The summed E-state index contributed by atoms with van der Waals surface area (Å²) in [6.07, 6.45) is 1.70. The van der Waals surface area contributed by atoms with E-state index in [4.69, 9.17) is 4.74 Å². The van der Waals surface area contributed by atoms with E-state index in [0.717, 1.165) is 6.42 Å². The maximum absolute atomic E-state index is 10.9. The lowest BCUT2D eigenvalue weighted by Crippen LogP contribution is -2.19. The van der Waals surface area contributed by atoms with E-state index < -0.39 is 0 Å². The zero-order chi connectivity index (χ0) is 10.8. The molecule has 0 atom stereocenters. The molecule has 0 aliphatic heterocycles. The fourth-order valence-electron chi connectivity index (χ4n) is 0.830. The van der Waals surface area contributed by atoms with E-state index in [0.29, 0.717) is 30.5 Å². The largest absolute Gasteiger partial charge is 0.381 e. The second kappa shape index (κ2) is 9.39. The van der Waals surface area contributed by atoms with Crippen LogP contribution in [0.5, 0.6) is 0 Å². The van der Waals surface area contributed by atoms with Gasteiger partial charge >= 0.3 is 0 Å². The SMILES string of the molecule is CNC(=O)CCOCCCC(=O)CI. The highest BCUT2D eigenvalue weighted by Gasteiger charge is 1.99. The molecule has 0 unspecified atom stereocenters. The lowest BCUT2D eigenvalue weighted by molar-refractivity contribution is -0.122. The molecule has 4 nitrogen and oxygen atoms in total. The second-order valence-electron chi connectivity index (χ2n) is 2.81. The molecule has 82 valence electrons. The van der Waals surface area contributed by atoms with Crippen molar-refractivity contribution >= 4 is 34.3 Å². The van der Waals surface area contributed by atoms with Gasteiger partial charge in [-0.05, 0) is 6.42 Å². The van der Waals surface area contributed by atoms with Gasteiger partial charge in [0.05, 0.1) is 11.0 Å². The molecule has 0 aliphatic rings. The first-order valence-electron chi connectivity index (χ1n) is 4.56. The molecular formula is C9H16INO3. The summed E-state index contributed by atoms with van der Waals surface area (Å²) in [5.74, 6) is 0.230. The number of ether oxygens (including phenoxy) is 1. The normalized spacial score (nSPS) is 9.86. The van der Waals surface area contributed by atoms with Gasteiger partial charge in [-0.3, -0.25) is 9.59 Å². The van der Waals surface area contributed by atoms with Crippen molar-refractivity contribution < 1.29 is 14.3 Å². The van der Waals surface area contributed by atoms with Crippen LogP contribution in [-0.2, 0) is 14.3 Å². The number of amides is 1. The number of carbonyl (C=O) groups is 2. The van der Waals surface area contributed by atoms with Gasteiger partial charge in [0.25, 0.3) is 0 Å². The maximum Gasteiger partial charge on any atom is 0.222 e. The number of carbonyl (C=O) groups excluding carboxylic acids is 2. The summed E-state index contributed by atoms with van der Waals surface area (Å²) in [5.41, 5.74) is 0. The van der Waals surface area contributed by atoms with Crippen molar-refractivity contribution in [1.82, 2.24) is 5.32 Å². The number of alkyl halides is 1. The Kier molecular flexibility index (Phi) is 9.27. The summed E-state index contributed by atoms with van der Waals surface area (Å²) in [5, 5.41) is 2.51. The van der Waals surface area contributed by atoms with E-state index in [9.17, 15) is 9.59 Å². The number of hydrogen-bond donors (Lipinski definition) is 1. The van der Waals surface area contributed by atoms with Crippen LogP contribution in [0.25, 0.3) is 0 Å². The Morgan fingerprint density at radius 3 is 2.57 bits per heavy atom. The van der Waals surface area contributed by atoms with Crippen LogP contribution < -0.4 is 5.32 Å². The molecule has 0 aromatic rings. The van der Waals surface area contributed by atoms with E-state index in [-0.39, 0.29) is 11.7 Å². The third kappa shape index (κ3) is 8.43. The smallest absolute Gasteiger partial charge is 0.222 e. The summed E-state index contributed by atoms with van der Waals surface area (Å²) in [7, 11) is 1.60. The third-order valence-corrected chi connectivity index (χ3v) is 2.50. The van der Waals surface area contributed by atoms with Crippen LogP contribution in [0.3, 0.4) is 0 Å². The molecule has 0 heterocycles. The van der Waals surface area contributed by atoms with Crippen molar-refractivity contribution in [3.63, 3.8) is 0 Å². The molecule has 1 amide bonds. The van der Waals surface area contributed by atoms with Crippen molar-refractivity contribution in [2.75, 3.05) is 24.7 Å². The molecule has 0 radical (unpaired) electrons. The van der Waals surface area contributed by atoms with Crippen LogP contribution in [0.15, 0.2) is 0 Å². The topological polar surface area (TPSA) is 55.4 Å². The minimum Gasteiger partial charge on any atom is -0.381 e. The molecule has 0 aromatic carbocycles. The summed E-state index contributed by atoms with van der Waals surface area (Å²) >= 11 is 2.05. The van der Waals surface area contributed by atoms with Crippen LogP contribution >= 0.6 is 22.6 Å². The molecule has 0 aromatic heterocycles. The average Bonchev–Trinajstić information content (AvgIpc) is 2.22. The summed E-state index contributed by atoms with van der Waals surface area (Å²) in [4.78, 5) is 21.6. The molecule has 0 saturated heterocycles. The first kappa shape index (κ1) is 13.8. The molecular weight excluding hydrogens is 297 g/mol. The zero-order valence-corrected chi connectivity index (χ0v) is 10.5. The van der Waals surface area contributed by atoms with Gasteiger partial charge in [-0.2, -0.15) is 0 Å². The molecule has 1 N–H and O–H groups in total. The highest BCUT2D eigenvalue weighted by atomic mass is 127. The first-order chi connectivity index (χ1) is 6.70. The quantitative estimate of drug-likeness (QED) is 0.412. The fraction of sp³-hybridized carbons (Fsp3) is 0.778. The van der Waals surface area contributed by atoms with Crippen molar-refractivity contribution in [3.8, 4) is 0 Å². The Morgan fingerprint density at radius 1 is 1.29 bits per heavy atom. The van der Waals surface area contributed by atoms with Gasteiger partial charge in [-0.1, -0.05) is 22.6 Å². The van der Waals surface area contributed by atoms with E-state index >= 15 is 0 Å². The third-order valence-electron chi connectivity index (χ3n) is 1.65. The van der Waals surface area contributed by atoms with E-state index in [1.54, 1.807) is 7.05 Å². The van der Waals surface area contributed by atoms with Crippen LogP contribution in [0.1, 0.15) is 19.3 Å². The van der Waals surface area contributed by atoms with Crippen molar-refractivity contribution in [3.05, 3.63) is 0 Å². The second-order valence-corrected chi connectivity index (χ2v) is 3.57. The maximum atomic E-state index is 10.9. The van der Waals surface area contributed by atoms with E-state index in [1.165, 1.54) is 0 Å². The number of Topliss-reactive ketones (excluding diaryl/α,β-unsaturated/α-hetero) is 1. The summed E-state index contributed by atoms with van der Waals surface area (Å²) in [6.45, 7) is 0.984. The number of hydrogen-bond acceptors (Lipinski definition) is 3.